The van der Waals surface area contributed by atoms with Crippen molar-refractivity contribution in [2.24, 2.45) is 0 Å². The summed E-state index contributed by atoms with van der Waals surface area (Å²) in [4.78, 5) is 46.3. The molecule has 0 fully saturated rings. The number of benzene rings is 2. The van der Waals surface area contributed by atoms with Gasteiger partial charge in [0.05, 0.1) is 22.7 Å². The molecule has 0 spiro atoms. The second-order valence-corrected chi connectivity index (χ2v) is 6.07. The van der Waals surface area contributed by atoms with Gasteiger partial charge in [-0.1, -0.05) is 6.92 Å². The predicted molar refractivity (Wildman–Crippen MR) is 109 cm³/mol. The smallest absolute Gasteiger partial charge is 0.341 e. The van der Waals surface area contributed by atoms with Crippen molar-refractivity contribution in [3.8, 4) is 0 Å². The Morgan fingerprint density at radius 1 is 1.03 bits per heavy atom. The molecular weight excluding hydrogens is 394 g/mol. The number of esters is 2. The van der Waals surface area contributed by atoms with Gasteiger partial charge in [0.2, 0.25) is 0 Å². The van der Waals surface area contributed by atoms with E-state index in [-0.39, 0.29) is 11.3 Å². The van der Waals surface area contributed by atoms with Crippen LogP contribution in [-0.2, 0) is 14.3 Å². The zero-order valence-electron chi connectivity index (χ0n) is 16.5. The third-order valence-corrected chi connectivity index (χ3v) is 3.88. The van der Waals surface area contributed by atoms with Gasteiger partial charge < -0.3 is 20.1 Å². The summed E-state index contributed by atoms with van der Waals surface area (Å²) in [5, 5.41) is 16.2. The number of hydrogen-bond donors (Lipinski definition) is 2. The minimum absolute atomic E-state index is 0.0607. The summed E-state index contributed by atoms with van der Waals surface area (Å²) in [6.45, 7) is 1.62. The number of non-ortho nitro benzene ring substituents is 1. The highest BCUT2D eigenvalue weighted by atomic mass is 16.6. The van der Waals surface area contributed by atoms with Gasteiger partial charge in [-0.25, -0.2) is 9.59 Å². The molecule has 30 heavy (non-hydrogen) atoms. The molecule has 0 aromatic heterocycles. The van der Waals surface area contributed by atoms with Crippen molar-refractivity contribution in [3.63, 3.8) is 0 Å². The molecule has 0 unspecified atom stereocenters. The van der Waals surface area contributed by atoms with E-state index in [1.54, 1.807) is 7.05 Å². The average Bonchev–Trinajstić information content (AvgIpc) is 2.75. The van der Waals surface area contributed by atoms with Crippen LogP contribution in [0.4, 0.5) is 17.1 Å². The van der Waals surface area contributed by atoms with Crippen molar-refractivity contribution in [1.82, 2.24) is 0 Å². The van der Waals surface area contributed by atoms with E-state index in [0.717, 1.165) is 6.07 Å². The third kappa shape index (κ3) is 6.03. The van der Waals surface area contributed by atoms with Crippen LogP contribution in [0.15, 0.2) is 42.5 Å². The molecule has 0 bridgehead atoms. The standard InChI is InChI=1S/C20H21N3O7/c1-3-10-29-19(25)13-4-6-14(7-5-13)22-18(24)12-30-20(26)16-11-15(23(27)28)8-9-17(16)21-2/h4-9,11,21H,3,10,12H2,1-2H3,(H,22,24). The Morgan fingerprint density at radius 2 is 1.73 bits per heavy atom. The zero-order valence-corrected chi connectivity index (χ0v) is 16.5. The van der Waals surface area contributed by atoms with Crippen LogP contribution in [0.3, 0.4) is 0 Å². The molecule has 0 radical (unpaired) electrons. The van der Waals surface area contributed by atoms with Crippen LogP contribution < -0.4 is 10.6 Å². The summed E-state index contributed by atoms with van der Waals surface area (Å²) in [6.07, 6.45) is 0.713. The number of nitro benzene ring substituents is 1. The van der Waals surface area contributed by atoms with Crippen LogP contribution in [0.25, 0.3) is 0 Å². The molecule has 0 heterocycles. The minimum atomic E-state index is -0.882. The summed E-state index contributed by atoms with van der Waals surface area (Å²) < 4.78 is 9.97. The maximum absolute atomic E-state index is 12.2. The van der Waals surface area contributed by atoms with Crippen LogP contribution in [0.5, 0.6) is 0 Å². The van der Waals surface area contributed by atoms with Crippen LogP contribution >= 0.6 is 0 Å². The first kappa shape index (κ1) is 22.3. The summed E-state index contributed by atoms with van der Waals surface area (Å²) in [6, 6.07) is 9.73. The molecule has 1 amide bonds. The van der Waals surface area contributed by atoms with E-state index in [9.17, 15) is 24.5 Å². The van der Waals surface area contributed by atoms with E-state index < -0.39 is 29.4 Å². The largest absolute Gasteiger partial charge is 0.462 e. The van der Waals surface area contributed by atoms with E-state index in [1.165, 1.54) is 36.4 Å². The Labute approximate surface area is 172 Å². The summed E-state index contributed by atoms with van der Waals surface area (Å²) >= 11 is 0. The Hall–Kier alpha value is -3.95. The Morgan fingerprint density at radius 3 is 2.33 bits per heavy atom. The number of rotatable bonds is 9. The quantitative estimate of drug-likeness (QED) is 0.362. The fourth-order valence-corrected chi connectivity index (χ4v) is 2.41. The van der Waals surface area contributed by atoms with Crippen molar-refractivity contribution >= 4 is 34.9 Å². The number of nitrogens with zero attached hydrogens (tertiary/aromatic N) is 1. The molecule has 0 saturated heterocycles. The lowest BCUT2D eigenvalue weighted by Gasteiger charge is -2.10. The van der Waals surface area contributed by atoms with Gasteiger partial charge in [-0.15, -0.1) is 0 Å². The van der Waals surface area contributed by atoms with Crippen molar-refractivity contribution in [1.29, 1.82) is 0 Å². The van der Waals surface area contributed by atoms with E-state index in [4.69, 9.17) is 9.47 Å². The first-order valence-electron chi connectivity index (χ1n) is 9.06. The fraction of sp³-hybridized carbons (Fsp3) is 0.250. The molecule has 2 rings (SSSR count). The molecule has 0 aliphatic carbocycles. The van der Waals surface area contributed by atoms with Crippen LogP contribution in [0.2, 0.25) is 0 Å². The van der Waals surface area contributed by atoms with E-state index in [2.05, 4.69) is 10.6 Å². The highest BCUT2D eigenvalue weighted by Crippen LogP contribution is 2.22. The normalized spacial score (nSPS) is 10.1. The molecule has 2 aromatic carbocycles. The van der Waals surface area contributed by atoms with Crippen molar-refractivity contribution in [3.05, 3.63) is 63.7 Å². The number of ether oxygens (including phenoxy) is 2. The number of anilines is 2. The predicted octanol–water partition coefficient (Wildman–Crippen LogP) is 3.00. The highest BCUT2D eigenvalue weighted by Gasteiger charge is 2.18. The lowest BCUT2D eigenvalue weighted by molar-refractivity contribution is -0.384. The molecule has 10 nitrogen and oxygen atoms in total. The van der Waals surface area contributed by atoms with Gasteiger partial charge in [-0.05, 0) is 36.8 Å². The number of nitrogens with one attached hydrogen (secondary N) is 2. The van der Waals surface area contributed by atoms with E-state index >= 15 is 0 Å². The first-order chi connectivity index (χ1) is 14.3. The van der Waals surface area contributed by atoms with Gasteiger partial charge in [0.15, 0.2) is 6.61 Å². The Bertz CT molecular complexity index is 942. The van der Waals surface area contributed by atoms with Crippen molar-refractivity contribution in [2.75, 3.05) is 30.9 Å². The summed E-state index contributed by atoms with van der Waals surface area (Å²) in [7, 11) is 1.55. The second-order valence-electron chi connectivity index (χ2n) is 6.07. The lowest BCUT2D eigenvalue weighted by Crippen LogP contribution is -2.21. The molecule has 0 aliphatic heterocycles. The molecule has 2 aromatic rings. The third-order valence-electron chi connectivity index (χ3n) is 3.88. The second kappa shape index (κ2) is 10.6. The number of nitro groups is 1. The maximum atomic E-state index is 12.2. The van der Waals surface area contributed by atoms with Crippen molar-refractivity contribution in [2.45, 2.75) is 13.3 Å². The summed E-state index contributed by atoms with van der Waals surface area (Å²) in [5.41, 5.74) is 0.737. The molecular formula is C20H21N3O7. The topological polar surface area (TPSA) is 137 Å². The van der Waals surface area contributed by atoms with Crippen LogP contribution in [-0.4, -0.2) is 43.0 Å². The maximum Gasteiger partial charge on any atom is 0.341 e. The van der Waals surface area contributed by atoms with Gasteiger partial charge in [-0.3, -0.25) is 14.9 Å². The van der Waals surface area contributed by atoms with Gasteiger partial charge in [0.1, 0.15) is 0 Å². The van der Waals surface area contributed by atoms with Gasteiger partial charge >= 0.3 is 11.9 Å². The summed E-state index contributed by atoms with van der Waals surface area (Å²) in [5.74, 6) is -1.95. The lowest BCUT2D eigenvalue weighted by atomic mass is 10.1. The SMILES string of the molecule is CCCOC(=O)c1ccc(NC(=O)COC(=O)c2cc([N+](=O)[O-])ccc2NC)cc1. The van der Waals surface area contributed by atoms with Gasteiger partial charge in [0.25, 0.3) is 11.6 Å². The molecule has 10 heteroatoms. The molecule has 0 saturated carbocycles. The van der Waals surface area contributed by atoms with Crippen LogP contribution in [0.1, 0.15) is 34.1 Å². The molecule has 0 atom stereocenters. The minimum Gasteiger partial charge on any atom is -0.462 e. The Kier molecular flexibility index (Phi) is 7.86. The van der Waals surface area contributed by atoms with Gasteiger partial charge in [-0.2, -0.15) is 0 Å². The van der Waals surface area contributed by atoms with E-state index in [0.29, 0.717) is 30.0 Å². The molecule has 0 aliphatic rings. The number of carbonyl (C=O) groups excluding carboxylic acids is 3. The number of carbonyl (C=O) groups is 3. The molecule has 158 valence electrons. The molecule has 2 N–H and O–H groups in total. The van der Waals surface area contributed by atoms with Gasteiger partial charge in [0, 0.05) is 30.6 Å². The monoisotopic (exact) mass is 415 g/mol. The van der Waals surface area contributed by atoms with Crippen LogP contribution in [0, 0.1) is 10.1 Å². The zero-order chi connectivity index (χ0) is 22.1. The average molecular weight is 415 g/mol. The van der Waals surface area contributed by atoms with E-state index in [1.807, 2.05) is 6.92 Å². The van der Waals surface area contributed by atoms with Crippen molar-refractivity contribution < 1.29 is 28.8 Å². The number of amides is 1. The first-order valence-corrected chi connectivity index (χ1v) is 9.06. The fourth-order valence-electron chi connectivity index (χ4n) is 2.41. The Balaban J connectivity index is 1.94. The highest BCUT2D eigenvalue weighted by molar-refractivity contribution is 5.99. The number of hydrogen-bond acceptors (Lipinski definition) is 8.